The molecule has 0 atom stereocenters. The van der Waals surface area contributed by atoms with Crippen LogP contribution in [0.3, 0.4) is 0 Å². The van der Waals surface area contributed by atoms with Crippen molar-refractivity contribution in [2.45, 2.75) is 13.8 Å². The van der Waals surface area contributed by atoms with Gasteiger partial charge in [0.15, 0.2) is 17.5 Å². The number of carbonyl (C=O) groups is 1. The molecule has 3 rings (SSSR count). The quantitative estimate of drug-likeness (QED) is 0.509. The molecule has 1 amide bonds. The van der Waals surface area contributed by atoms with Crippen LogP contribution in [0.4, 0.5) is 10.8 Å². The normalized spacial score (nSPS) is 10.6. The van der Waals surface area contributed by atoms with Crippen molar-refractivity contribution in [2.75, 3.05) is 19.0 Å². The summed E-state index contributed by atoms with van der Waals surface area (Å²) in [6.07, 6.45) is 0. The van der Waals surface area contributed by atoms with Crippen molar-refractivity contribution >= 4 is 38.3 Å². The second-order valence-electron chi connectivity index (χ2n) is 5.93. The molecule has 140 valence electrons. The predicted molar refractivity (Wildman–Crippen MR) is 103 cm³/mol. The number of hydrogen-bond acceptors (Lipinski definition) is 7. The van der Waals surface area contributed by atoms with E-state index >= 15 is 0 Å². The summed E-state index contributed by atoms with van der Waals surface area (Å²) >= 11 is 1.13. The summed E-state index contributed by atoms with van der Waals surface area (Å²) in [7, 11) is 1.41. The van der Waals surface area contributed by atoms with Gasteiger partial charge in [-0.05, 0) is 37.1 Å². The molecule has 0 unspecified atom stereocenters. The number of nitrogens with zero attached hydrogens (tertiary/aromatic N) is 2. The van der Waals surface area contributed by atoms with Gasteiger partial charge in [0, 0.05) is 6.07 Å². The van der Waals surface area contributed by atoms with Gasteiger partial charge in [-0.25, -0.2) is 4.98 Å². The fraction of sp³-hybridized carbons (Fsp3) is 0.222. The van der Waals surface area contributed by atoms with Gasteiger partial charge in [-0.15, -0.1) is 0 Å². The largest absolute Gasteiger partial charge is 0.494 e. The zero-order valence-corrected chi connectivity index (χ0v) is 15.8. The maximum absolute atomic E-state index is 12.2. The first-order valence-electron chi connectivity index (χ1n) is 7.99. The van der Waals surface area contributed by atoms with Crippen LogP contribution >= 0.6 is 11.3 Å². The molecule has 9 heteroatoms. The Bertz CT molecular complexity index is 1010. The van der Waals surface area contributed by atoms with Gasteiger partial charge in [-0.1, -0.05) is 17.4 Å². The molecule has 1 N–H and O–H groups in total. The van der Waals surface area contributed by atoms with E-state index in [9.17, 15) is 14.9 Å². The van der Waals surface area contributed by atoms with E-state index in [4.69, 9.17) is 9.47 Å². The van der Waals surface area contributed by atoms with Crippen LogP contribution in [0.1, 0.15) is 11.1 Å². The molecular formula is C18H17N3O5S. The summed E-state index contributed by atoms with van der Waals surface area (Å²) in [5.41, 5.74) is 2.45. The summed E-state index contributed by atoms with van der Waals surface area (Å²) in [6, 6.07) is 8.42. The molecule has 0 saturated heterocycles. The number of nitro groups is 1. The van der Waals surface area contributed by atoms with Crippen LogP contribution in [0.25, 0.3) is 10.2 Å². The Balaban J connectivity index is 1.74. The van der Waals surface area contributed by atoms with Crippen molar-refractivity contribution in [3.63, 3.8) is 0 Å². The lowest BCUT2D eigenvalue weighted by molar-refractivity contribution is -0.384. The molecule has 0 saturated carbocycles. The monoisotopic (exact) mass is 387 g/mol. The lowest BCUT2D eigenvalue weighted by Crippen LogP contribution is -2.20. The van der Waals surface area contributed by atoms with Crippen LogP contribution < -0.4 is 14.8 Å². The van der Waals surface area contributed by atoms with Gasteiger partial charge in [-0.3, -0.25) is 20.2 Å². The number of aryl methyl sites for hydroxylation is 2. The molecule has 3 aromatic rings. The van der Waals surface area contributed by atoms with Crippen molar-refractivity contribution in [2.24, 2.45) is 0 Å². The smallest absolute Gasteiger partial charge is 0.274 e. The van der Waals surface area contributed by atoms with Gasteiger partial charge < -0.3 is 9.47 Å². The summed E-state index contributed by atoms with van der Waals surface area (Å²) in [5, 5.41) is 14.0. The molecule has 1 heterocycles. The van der Waals surface area contributed by atoms with Gasteiger partial charge >= 0.3 is 0 Å². The first-order valence-corrected chi connectivity index (χ1v) is 8.81. The average molecular weight is 387 g/mol. The van der Waals surface area contributed by atoms with Gasteiger partial charge in [0.1, 0.15) is 11.3 Å². The first kappa shape index (κ1) is 18.6. The van der Waals surface area contributed by atoms with Crippen LogP contribution in [-0.4, -0.2) is 29.5 Å². The third kappa shape index (κ3) is 4.32. The fourth-order valence-corrected chi connectivity index (χ4v) is 3.55. The molecular weight excluding hydrogens is 370 g/mol. The second kappa shape index (κ2) is 7.58. The van der Waals surface area contributed by atoms with E-state index < -0.39 is 4.92 Å². The highest BCUT2D eigenvalue weighted by atomic mass is 32.1. The fourth-order valence-electron chi connectivity index (χ4n) is 2.62. The highest BCUT2D eigenvalue weighted by molar-refractivity contribution is 7.22. The number of methoxy groups -OCH3 is 1. The van der Waals surface area contributed by atoms with Crippen molar-refractivity contribution < 1.29 is 19.2 Å². The highest BCUT2D eigenvalue weighted by Gasteiger charge is 2.17. The molecule has 0 spiro atoms. The Morgan fingerprint density at radius 2 is 1.93 bits per heavy atom. The number of ether oxygens (including phenoxy) is 2. The van der Waals surface area contributed by atoms with Gasteiger partial charge in [0.25, 0.3) is 11.6 Å². The van der Waals surface area contributed by atoms with E-state index in [0.29, 0.717) is 21.1 Å². The van der Waals surface area contributed by atoms with E-state index in [-0.39, 0.29) is 24.0 Å². The Kier molecular flexibility index (Phi) is 5.22. The minimum absolute atomic E-state index is 0.0981. The minimum atomic E-state index is -0.502. The summed E-state index contributed by atoms with van der Waals surface area (Å²) in [5.74, 6) is 0.522. The number of non-ortho nitro benzene ring substituents is 1. The number of benzene rings is 2. The lowest BCUT2D eigenvalue weighted by Gasteiger charge is -2.07. The number of thiazole rings is 1. The molecule has 0 fully saturated rings. The number of carbonyl (C=O) groups excluding carboxylic acids is 1. The van der Waals surface area contributed by atoms with E-state index in [0.717, 1.165) is 22.5 Å². The molecule has 27 heavy (non-hydrogen) atoms. The molecule has 2 aromatic carbocycles. The minimum Gasteiger partial charge on any atom is -0.494 e. The number of nitrogens with one attached hydrogen (secondary N) is 1. The topological polar surface area (TPSA) is 104 Å². The molecule has 0 aliphatic rings. The molecule has 0 radical (unpaired) electrons. The molecule has 8 nitrogen and oxygen atoms in total. The van der Waals surface area contributed by atoms with Crippen LogP contribution in [-0.2, 0) is 4.79 Å². The van der Waals surface area contributed by atoms with Crippen molar-refractivity contribution in [3.8, 4) is 11.5 Å². The Labute approximate surface area is 158 Å². The zero-order chi connectivity index (χ0) is 19.6. The third-order valence-electron chi connectivity index (χ3n) is 3.69. The average Bonchev–Trinajstić information content (AvgIpc) is 3.00. The number of nitro benzene ring substituents is 1. The Hall–Kier alpha value is -3.20. The molecule has 0 aliphatic carbocycles. The maximum Gasteiger partial charge on any atom is 0.274 e. The number of anilines is 1. The first-order chi connectivity index (χ1) is 12.9. The number of aromatic nitrogens is 1. The number of hydrogen-bond donors (Lipinski definition) is 1. The summed E-state index contributed by atoms with van der Waals surface area (Å²) < 4.78 is 11.2. The number of rotatable bonds is 6. The summed E-state index contributed by atoms with van der Waals surface area (Å²) in [4.78, 5) is 27.0. The lowest BCUT2D eigenvalue weighted by atomic mass is 10.1. The number of amides is 1. The van der Waals surface area contributed by atoms with Crippen molar-refractivity contribution in [3.05, 3.63) is 51.6 Å². The van der Waals surface area contributed by atoms with E-state index in [2.05, 4.69) is 10.3 Å². The third-order valence-corrected chi connectivity index (χ3v) is 4.60. The molecule has 0 aliphatic heterocycles. The SMILES string of the molecule is COc1cc([N+](=O)[O-])cc2sc(NC(=O)COc3cc(C)cc(C)c3)nc12. The van der Waals surface area contributed by atoms with Crippen molar-refractivity contribution in [1.82, 2.24) is 4.98 Å². The highest BCUT2D eigenvalue weighted by Crippen LogP contribution is 2.36. The molecule has 0 bridgehead atoms. The van der Waals surface area contributed by atoms with Gasteiger partial charge in [0.05, 0.1) is 22.8 Å². The Morgan fingerprint density at radius 1 is 1.22 bits per heavy atom. The standard InChI is InChI=1S/C18H17N3O5S/c1-10-4-11(2)6-13(5-10)26-9-16(22)19-18-20-17-14(25-3)7-12(21(23)24)8-15(17)27-18/h4-8H,9H2,1-3H3,(H,19,20,22). The molecule has 1 aromatic heterocycles. The second-order valence-corrected chi connectivity index (χ2v) is 6.96. The van der Waals surface area contributed by atoms with Crippen LogP contribution in [0.2, 0.25) is 0 Å². The van der Waals surface area contributed by atoms with Crippen molar-refractivity contribution in [1.29, 1.82) is 0 Å². The van der Waals surface area contributed by atoms with E-state index in [1.807, 2.05) is 32.0 Å². The Morgan fingerprint density at radius 3 is 2.56 bits per heavy atom. The van der Waals surface area contributed by atoms with Gasteiger partial charge in [0.2, 0.25) is 0 Å². The predicted octanol–water partition coefficient (Wildman–Crippen LogP) is 3.85. The van der Waals surface area contributed by atoms with Crippen LogP contribution in [0.5, 0.6) is 11.5 Å². The zero-order valence-electron chi connectivity index (χ0n) is 14.9. The van der Waals surface area contributed by atoms with Crippen LogP contribution in [0.15, 0.2) is 30.3 Å². The maximum atomic E-state index is 12.2. The van der Waals surface area contributed by atoms with Gasteiger partial charge in [-0.2, -0.15) is 0 Å². The van der Waals surface area contributed by atoms with E-state index in [1.54, 1.807) is 0 Å². The van der Waals surface area contributed by atoms with Crippen LogP contribution in [0, 0.1) is 24.0 Å². The summed E-state index contributed by atoms with van der Waals surface area (Å²) in [6.45, 7) is 3.73. The van der Waals surface area contributed by atoms with E-state index in [1.165, 1.54) is 19.2 Å². The number of fused-ring (bicyclic) bond motifs is 1.